The van der Waals surface area contributed by atoms with Crippen LogP contribution in [0.3, 0.4) is 0 Å². The van der Waals surface area contributed by atoms with Gasteiger partial charge in [-0.25, -0.2) is 4.39 Å². The number of methoxy groups -OCH3 is 1. The van der Waals surface area contributed by atoms with Crippen molar-refractivity contribution in [2.45, 2.75) is 62.3 Å². The van der Waals surface area contributed by atoms with E-state index in [4.69, 9.17) is 27.8 Å². The monoisotopic (exact) mass is 564 g/mol. The number of carbonyl (C=O) groups is 2. The van der Waals surface area contributed by atoms with Crippen molar-refractivity contribution in [2.75, 3.05) is 7.11 Å². The van der Waals surface area contributed by atoms with Crippen LogP contribution < -0.4 is 11.5 Å². The number of aromatic nitrogens is 1. The van der Waals surface area contributed by atoms with Gasteiger partial charge in [0, 0.05) is 42.1 Å². The standard InChI is InChI=1S/C31H34ClFN4O3/c1-40-26-18-25(30(34)39)37(27(38)17-20-7-9-22(32)10-8-20)29(26)23-3-2-4-24(28(23)33)31(35,14-11-19-5-6-19)21-12-15-36-16-13-21/h2-4,7-10,12-13,15-16,19,25-26,29H,5-6,11,14,17-18,35H2,1H3,(H2,34,39). The highest BCUT2D eigenvalue weighted by Crippen LogP contribution is 2.44. The molecule has 9 heteroatoms. The van der Waals surface area contributed by atoms with Crippen LogP contribution in [-0.2, 0) is 26.3 Å². The fourth-order valence-electron chi connectivity index (χ4n) is 5.91. The fourth-order valence-corrected chi connectivity index (χ4v) is 6.03. The Morgan fingerprint density at radius 3 is 2.45 bits per heavy atom. The Bertz CT molecular complexity index is 1370. The number of likely N-dealkylation sites (tertiary alicyclic amines) is 1. The summed E-state index contributed by atoms with van der Waals surface area (Å²) in [5, 5.41) is 0.546. The second-order valence-corrected chi connectivity index (χ2v) is 11.3. The topological polar surface area (TPSA) is 112 Å². The van der Waals surface area contributed by atoms with Gasteiger partial charge in [0.05, 0.1) is 24.1 Å². The van der Waals surface area contributed by atoms with Crippen molar-refractivity contribution in [3.8, 4) is 0 Å². The van der Waals surface area contributed by atoms with Crippen molar-refractivity contribution in [1.82, 2.24) is 9.88 Å². The second kappa shape index (κ2) is 11.6. The molecule has 5 rings (SSSR count). The van der Waals surface area contributed by atoms with E-state index in [1.165, 1.54) is 12.0 Å². The first-order valence-electron chi connectivity index (χ1n) is 13.6. The largest absolute Gasteiger partial charge is 0.379 e. The number of ether oxygens (including phenoxy) is 1. The lowest BCUT2D eigenvalue weighted by Crippen LogP contribution is -2.46. The molecule has 3 aromatic rings. The molecule has 1 aliphatic carbocycles. The maximum absolute atomic E-state index is 16.8. The van der Waals surface area contributed by atoms with Crippen LogP contribution in [-0.4, -0.2) is 41.0 Å². The number of hydrogen-bond acceptors (Lipinski definition) is 5. The van der Waals surface area contributed by atoms with E-state index < -0.39 is 35.5 Å². The van der Waals surface area contributed by atoms with Gasteiger partial charge < -0.3 is 21.1 Å². The van der Waals surface area contributed by atoms with Gasteiger partial charge in [-0.2, -0.15) is 0 Å². The number of pyridine rings is 1. The van der Waals surface area contributed by atoms with Gasteiger partial charge in [0.15, 0.2) is 0 Å². The third-order valence-electron chi connectivity index (χ3n) is 8.30. The minimum absolute atomic E-state index is 0.00553. The molecule has 4 N–H and O–H groups in total. The molecule has 1 saturated heterocycles. The van der Waals surface area contributed by atoms with Crippen molar-refractivity contribution in [1.29, 1.82) is 0 Å². The van der Waals surface area contributed by atoms with E-state index >= 15 is 4.39 Å². The molecule has 4 atom stereocenters. The Balaban J connectivity index is 1.57. The highest BCUT2D eigenvalue weighted by molar-refractivity contribution is 6.30. The van der Waals surface area contributed by atoms with Crippen molar-refractivity contribution >= 4 is 23.4 Å². The zero-order chi connectivity index (χ0) is 28.4. The third kappa shape index (κ3) is 5.61. The average molecular weight is 565 g/mol. The molecule has 2 fully saturated rings. The summed E-state index contributed by atoms with van der Waals surface area (Å²) >= 11 is 6.01. The molecule has 7 nitrogen and oxygen atoms in total. The summed E-state index contributed by atoms with van der Waals surface area (Å²) < 4.78 is 22.5. The van der Waals surface area contributed by atoms with Gasteiger partial charge in [-0.05, 0) is 54.2 Å². The van der Waals surface area contributed by atoms with Gasteiger partial charge in [-0.1, -0.05) is 54.8 Å². The van der Waals surface area contributed by atoms with E-state index in [9.17, 15) is 9.59 Å². The van der Waals surface area contributed by atoms with Gasteiger partial charge >= 0.3 is 0 Å². The Morgan fingerprint density at radius 1 is 1.12 bits per heavy atom. The number of hydrogen-bond donors (Lipinski definition) is 2. The van der Waals surface area contributed by atoms with Gasteiger partial charge in [0.2, 0.25) is 11.8 Å². The quantitative estimate of drug-likeness (QED) is 0.372. The van der Waals surface area contributed by atoms with Crippen molar-refractivity contribution in [3.05, 3.63) is 100 Å². The van der Waals surface area contributed by atoms with Crippen LogP contribution in [0, 0.1) is 11.7 Å². The van der Waals surface area contributed by atoms with Crippen molar-refractivity contribution < 1.29 is 18.7 Å². The van der Waals surface area contributed by atoms with Crippen LogP contribution in [0.4, 0.5) is 4.39 Å². The van der Waals surface area contributed by atoms with E-state index in [-0.39, 0.29) is 24.3 Å². The van der Waals surface area contributed by atoms with Crippen LogP contribution in [0.2, 0.25) is 5.02 Å². The van der Waals surface area contributed by atoms with E-state index in [1.807, 2.05) is 12.1 Å². The Hall–Kier alpha value is -3.33. The zero-order valence-electron chi connectivity index (χ0n) is 22.4. The Kier molecular flexibility index (Phi) is 8.21. The first-order chi connectivity index (χ1) is 19.2. The van der Waals surface area contributed by atoms with E-state index in [0.717, 1.165) is 24.8 Å². The van der Waals surface area contributed by atoms with Crippen LogP contribution in [0.5, 0.6) is 0 Å². The van der Waals surface area contributed by atoms with E-state index in [0.29, 0.717) is 28.5 Å². The van der Waals surface area contributed by atoms with Crippen molar-refractivity contribution in [3.63, 3.8) is 0 Å². The predicted octanol–water partition coefficient (Wildman–Crippen LogP) is 4.65. The summed E-state index contributed by atoms with van der Waals surface area (Å²) in [6.07, 6.45) is 6.57. The van der Waals surface area contributed by atoms with Gasteiger partial charge in [-0.3, -0.25) is 14.6 Å². The Labute approximate surface area is 238 Å². The minimum atomic E-state index is -1.10. The normalized spacial score (nSPS) is 22.2. The molecule has 2 amide bonds. The Morgan fingerprint density at radius 2 is 1.82 bits per heavy atom. The van der Waals surface area contributed by atoms with Crippen LogP contribution in [0.1, 0.15) is 60.4 Å². The molecule has 210 valence electrons. The van der Waals surface area contributed by atoms with Crippen LogP contribution >= 0.6 is 11.6 Å². The number of rotatable bonds is 10. The number of primary amides is 1. The van der Waals surface area contributed by atoms with Gasteiger partial charge in [0.25, 0.3) is 0 Å². The maximum atomic E-state index is 16.8. The molecule has 0 radical (unpaired) electrons. The number of nitrogens with two attached hydrogens (primary N) is 2. The van der Waals surface area contributed by atoms with Crippen molar-refractivity contribution in [2.24, 2.45) is 17.4 Å². The molecule has 0 bridgehead atoms. The number of halogens is 2. The summed E-state index contributed by atoms with van der Waals surface area (Å²) in [5.41, 5.74) is 13.8. The number of nitrogens with zero attached hydrogens (tertiary/aromatic N) is 2. The molecular weight excluding hydrogens is 531 g/mol. The molecule has 1 aliphatic heterocycles. The zero-order valence-corrected chi connectivity index (χ0v) is 23.2. The summed E-state index contributed by atoms with van der Waals surface area (Å²) in [5.74, 6) is -0.942. The highest BCUT2D eigenvalue weighted by atomic mass is 35.5. The van der Waals surface area contributed by atoms with Crippen LogP contribution in [0.15, 0.2) is 67.0 Å². The second-order valence-electron chi connectivity index (χ2n) is 10.9. The lowest BCUT2D eigenvalue weighted by Gasteiger charge is -2.34. The predicted molar refractivity (Wildman–Crippen MR) is 151 cm³/mol. The minimum Gasteiger partial charge on any atom is -0.379 e. The summed E-state index contributed by atoms with van der Waals surface area (Å²) in [6.45, 7) is 0. The molecule has 1 aromatic heterocycles. The lowest BCUT2D eigenvalue weighted by atomic mass is 9.78. The average Bonchev–Trinajstić information content (AvgIpc) is 3.71. The number of carbonyl (C=O) groups excluding carboxylic acids is 2. The van der Waals surface area contributed by atoms with E-state index in [1.54, 1.807) is 54.9 Å². The smallest absolute Gasteiger partial charge is 0.240 e. The molecule has 0 spiro atoms. The molecule has 2 aromatic carbocycles. The first kappa shape index (κ1) is 28.2. The summed E-state index contributed by atoms with van der Waals surface area (Å²) in [6, 6.07) is 13.8. The molecular formula is C31H34ClFN4O3. The van der Waals surface area contributed by atoms with Gasteiger partial charge in [-0.15, -0.1) is 0 Å². The molecule has 2 heterocycles. The number of amides is 2. The SMILES string of the molecule is COC1CC(C(N)=O)N(C(=O)Cc2ccc(Cl)cc2)C1c1cccc(C(N)(CCC2CC2)c2ccncc2)c1F. The molecule has 1 saturated carbocycles. The maximum Gasteiger partial charge on any atom is 0.240 e. The lowest BCUT2D eigenvalue weighted by molar-refractivity contribution is -0.139. The van der Waals surface area contributed by atoms with Gasteiger partial charge in [0.1, 0.15) is 11.9 Å². The molecule has 4 unspecified atom stereocenters. The number of benzene rings is 2. The first-order valence-corrected chi connectivity index (χ1v) is 14.0. The van der Waals surface area contributed by atoms with E-state index in [2.05, 4.69) is 4.98 Å². The fraction of sp³-hybridized carbons (Fsp3) is 0.387. The summed E-state index contributed by atoms with van der Waals surface area (Å²) in [4.78, 5) is 31.8. The van der Waals surface area contributed by atoms with Crippen LogP contribution in [0.25, 0.3) is 0 Å². The molecule has 2 aliphatic rings. The highest BCUT2D eigenvalue weighted by Gasteiger charge is 2.49. The summed E-state index contributed by atoms with van der Waals surface area (Å²) in [7, 11) is 1.49. The molecule has 40 heavy (non-hydrogen) atoms. The third-order valence-corrected chi connectivity index (χ3v) is 8.55.